The number of ether oxygens (including phenoxy) is 2. The van der Waals surface area contributed by atoms with Gasteiger partial charge >= 0.3 is 5.97 Å². The minimum atomic E-state index is -1.34. The zero-order chi connectivity index (χ0) is 18.8. The van der Waals surface area contributed by atoms with Gasteiger partial charge in [0, 0.05) is 18.4 Å². The van der Waals surface area contributed by atoms with Gasteiger partial charge in [-0.15, -0.1) is 0 Å². The van der Waals surface area contributed by atoms with Crippen LogP contribution in [0.25, 0.3) is 0 Å². The molecule has 2 rings (SSSR count). The Labute approximate surface area is 148 Å². The number of carbonyl (C=O) groups is 2. The molecular formula is C19H27NO5. The Morgan fingerprint density at radius 3 is 2.52 bits per heavy atom. The van der Waals surface area contributed by atoms with Gasteiger partial charge in [0.1, 0.15) is 11.3 Å². The number of hydrogen-bond acceptors (Lipinski definition) is 4. The first-order valence-electron chi connectivity index (χ1n) is 8.50. The van der Waals surface area contributed by atoms with Gasteiger partial charge in [0.25, 0.3) is 5.91 Å². The zero-order valence-corrected chi connectivity index (χ0v) is 15.5. The largest absolute Gasteiger partial charge is 0.484 e. The maximum absolute atomic E-state index is 12.3. The Bertz CT molecular complexity index is 670. The van der Waals surface area contributed by atoms with Crippen molar-refractivity contribution in [2.24, 2.45) is 5.41 Å². The summed E-state index contributed by atoms with van der Waals surface area (Å²) in [7, 11) is 0. The van der Waals surface area contributed by atoms with E-state index in [-0.39, 0.29) is 19.1 Å². The molecule has 2 unspecified atom stereocenters. The molecule has 1 aliphatic carbocycles. The van der Waals surface area contributed by atoms with E-state index < -0.39 is 22.8 Å². The minimum absolute atomic E-state index is 0.200. The van der Waals surface area contributed by atoms with Crippen LogP contribution in [-0.4, -0.2) is 41.8 Å². The molecule has 1 aliphatic rings. The van der Waals surface area contributed by atoms with Gasteiger partial charge in [-0.3, -0.25) is 4.79 Å². The van der Waals surface area contributed by atoms with Crippen molar-refractivity contribution in [3.63, 3.8) is 0 Å². The van der Waals surface area contributed by atoms with Gasteiger partial charge in [-0.05, 0) is 32.4 Å². The van der Waals surface area contributed by atoms with Crippen molar-refractivity contribution in [2.45, 2.75) is 52.7 Å². The van der Waals surface area contributed by atoms with Gasteiger partial charge in [-0.25, -0.2) is 4.79 Å². The Morgan fingerprint density at radius 1 is 1.32 bits per heavy atom. The lowest BCUT2D eigenvalue weighted by Gasteiger charge is -2.58. The van der Waals surface area contributed by atoms with Gasteiger partial charge in [0.2, 0.25) is 0 Å². The maximum Gasteiger partial charge on any atom is 0.330 e. The first-order chi connectivity index (χ1) is 11.6. The van der Waals surface area contributed by atoms with E-state index in [0.717, 1.165) is 11.1 Å². The van der Waals surface area contributed by atoms with Crippen LogP contribution in [0.2, 0.25) is 0 Å². The van der Waals surface area contributed by atoms with E-state index in [9.17, 15) is 14.7 Å². The number of rotatable bonds is 7. The van der Waals surface area contributed by atoms with Crippen molar-refractivity contribution in [1.29, 1.82) is 0 Å². The van der Waals surface area contributed by atoms with Gasteiger partial charge in [-0.2, -0.15) is 0 Å². The van der Waals surface area contributed by atoms with Crippen LogP contribution in [-0.2, 0) is 14.3 Å². The summed E-state index contributed by atoms with van der Waals surface area (Å²) in [6.07, 6.45) is 0.0486. The van der Waals surface area contributed by atoms with E-state index in [2.05, 4.69) is 5.32 Å². The van der Waals surface area contributed by atoms with Crippen LogP contribution in [0.1, 0.15) is 38.3 Å². The third kappa shape index (κ3) is 3.49. The molecule has 1 aromatic rings. The van der Waals surface area contributed by atoms with Gasteiger partial charge in [0.15, 0.2) is 6.61 Å². The summed E-state index contributed by atoms with van der Waals surface area (Å²) in [4.78, 5) is 24.2. The zero-order valence-electron chi connectivity index (χ0n) is 15.5. The lowest BCUT2D eigenvalue weighted by atomic mass is 9.54. The summed E-state index contributed by atoms with van der Waals surface area (Å²) in [6, 6.07) is 5.68. The predicted octanol–water partition coefficient (Wildman–Crippen LogP) is 2.46. The Kier molecular flexibility index (Phi) is 5.42. The van der Waals surface area contributed by atoms with Crippen molar-refractivity contribution in [2.75, 3.05) is 13.2 Å². The smallest absolute Gasteiger partial charge is 0.330 e. The fourth-order valence-electron chi connectivity index (χ4n) is 3.42. The number of amides is 1. The molecule has 1 amide bonds. The highest BCUT2D eigenvalue weighted by atomic mass is 16.5. The number of carbonyl (C=O) groups excluding carboxylic acids is 1. The van der Waals surface area contributed by atoms with Crippen LogP contribution in [0.5, 0.6) is 5.75 Å². The van der Waals surface area contributed by atoms with Crippen molar-refractivity contribution in [3.8, 4) is 5.75 Å². The molecule has 1 fully saturated rings. The van der Waals surface area contributed by atoms with Crippen LogP contribution in [0.3, 0.4) is 0 Å². The van der Waals surface area contributed by atoms with E-state index >= 15 is 0 Å². The minimum Gasteiger partial charge on any atom is -0.484 e. The van der Waals surface area contributed by atoms with Crippen LogP contribution in [0, 0.1) is 19.3 Å². The summed E-state index contributed by atoms with van der Waals surface area (Å²) in [6.45, 7) is 9.63. The molecule has 6 heteroatoms. The van der Waals surface area contributed by atoms with E-state index in [4.69, 9.17) is 9.47 Å². The third-order valence-electron chi connectivity index (χ3n) is 5.17. The molecule has 1 saturated carbocycles. The highest BCUT2D eigenvalue weighted by Crippen LogP contribution is 2.51. The number of nitrogens with one attached hydrogen (secondary N) is 1. The average Bonchev–Trinajstić information content (AvgIpc) is 2.52. The summed E-state index contributed by atoms with van der Waals surface area (Å²) >= 11 is 0. The van der Waals surface area contributed by atoms with Gasteiger partial charge in [0.05, 0.1) is 6.10 Å². The number of carboxylic acid groups (broad SMARTS) is 1. The third-order valence-corrected chi connectivity index (χ3v) is 5.17. The predicted molar refractivity (Wildman–Crippen MR) is 93.7 cm³/mol. The van der Waals surface area contributed by atoms with Crippen molar-refractivity contribution in [1.82, 2.24) is 5.32 Å². The molecule has 0 bridgehead atoms. The molecule has 0 aliphatic heterocycles. The Hall–Kier alpha value is -2.08. The molecule has 6 nitrogen and oxygen atoms in total. The summed E-state index contributed by atoms with van der Waals surface area (Å²) in [5.74, 6) is -0.885. The molecule has 0 spiro atoms. The van der Waals surface area contributed by atoms with Crippen LogP contribution in [0.4, 0.5) is 0 Å². The Balaban J connectivity index is 2.03. The van der Waals surface area contributed by atoms with Gasteiger partial charge < -0.3 is 19.9 Å². The summed E-state index contributed by atoms with van der Waals surface area (Å²) < 4.78 is 11.1. The number of aryl methyl sites for hydroxylation is 2. The number of hydrogen-bond donors (Lipinski definition) is 2. The molecule has 1 aromatic carbocycles. The van der Waals surface area contributed by atoms with Crippen molar-refractivity contribution in [3.05, 3.63) is 29.3 Å². The molecule has 0 aromatic heterocycles. The topological polar surface area (TPSA) is 84.9 Å². The second kappa shape index (κ2) is 7.04. The molecule has 0 heterocycles. The number of benzene rings is 1. The standard InChI is InChI=1S/C19H27NO5/c1-6-24-15-10-19(17(22)23,18(15,4)5)20-16(21)11-25-14-8-7-12(2)9-13(14)3/h7-9,15H,6,10-11H2,1-5H3,(H,20,21)(H,22,23). The molecule has 2 N–H and O–H groups in total. The van der Waals surface area contributed by atoms with Crippen molar-refractivity contribution < 1.29 is 24.2 Å². The van der Waals surface area contributed by atoms with E-state index in [1.54, 1.807) is 13.8 Å². The first kappa shape index (κ1) is 19.2. The highest BCUT2D eigenvalue weighted by molar-refractivity contribution is 5.90. The van der Waals surface area contributed by atoms with E-state index in [1.165, 1.54) is 0 Å². The van der Waals surface area contributed by atoms with Crippen LogP contribution in [0.15, 0.2) is 18.2 Å². The SMILES string of the molecule is CCOC1CC(NC(=O)COc2ccc(C)cc2C)(C(=O)O)C1(C)C. The molecule has 0 radical (unpaired) electrons. The first-order valence-corrected chi connectivity index (χ1v) is 8.50. The second-order valence-corrected chi connectivity index (χ2v) is 7.19. The molecular weight excluding hydrogens is 322 g/mol. The van der Waals surface area contributed by atoms with Gasteiger partial charge in [-0.1, -0.05) is 31.5 Å². The monoisotopic (exact) mass is 349 g/mol. The molecule has 138 valence electrons. The van der Waals surface area contributed by atoms with E-state index in [1.807, 2.05) is 39.0 Å². The fourth-order valence-corrected chi connectivity index (χ4v) is 3.42. The second-order valence-electron chi connectivity index (χ2n) is 7.19. The maximum atomic E-state index is 12.3. The summed E-state index contributed by atoms with van der Waals surface area (Å²) in [5, 5.41) is 12.4. The lowest BCUT2D eigenvalue weighted by molar-refractivity contribution is -0.194. The quantitative estimate of drug-likeness (QED) is 0.790. The van der Waals surface area contributed by atoms with Crippen LogP contribution < -0.4 is 10.1 Å². The van der Waals surface area contributed by atoms with Crippen LogP contribution >= 0.6 is 0 Å². The molecule has 25 heavy (non-hydrogen) atoms. The normalized spacial score (nSPS) is 24.3. The Morgan fingerprint density at radius 2 is 2.00 bits per heavy atom. The lowest BCUT2D eigenvalue weighted by Crippen LogP contribution is -2.76. The highest BCUT2D eigenvalue weighted by Gasteiger charge is 2.66. The van der Waals surface area contributed by atoms with E-state index in [0.29, 0.717) is 12.4 Å². The number of aliphatic carboxylic acids is 1. The van der Waals surface area contributed by atoms with Crippen molar-refractivity contribution >= 4 is 11.9 Å². The average molecular weight is 349 g/mol. The number of carboxylic acids is 1. The molecule has 0 saturated heterocycles. The fraction of sp³-hybridized carbons (Fsp3) is 0.579. The molecule has 2 atom stereocenters. The summed E-state index contributed by atoms with van der Waals surface area (Å²) in [5.41, 5.74) is -0.00156.